The summed E-state index contributed by atoms with van der Waals surface area (Å²) in [5.41, 5.74) is 2.82. The molecular formula is C18H20N8OS. The fraction of sp³-hybridized carbons (Fsp3) is 0.222. The maximum absolute atomic E-state index is 13.0. The molecule has 0 atom stereocenters. The molecule has 0 aliphatic heterocycles. The van der Waals surface area contributed by atoms with Crippen LogP contribution in [0, 0.1) is 0 Å². The number of rotatable bonds is 6. The fourth-order valence-corrected chi connectivity index (χ4v) is 4.25. The molecule has 4 rings (SSSR count). The van der Waals surface area contributed by atoms with Crippen LogP contribution in [0.1, 0.15) is 10.7 Å². The lowest BCUT2D eigenvalue weighted by Crippen LogP contribution is -2.27. The number of hydrogen-bond acceptors (Lipinski definition) is 7. The molecule has 0 spiro atoms. The zero-order valence-corrected chi connectivity index (χ0v) is 16.4. The highest BCUT2D eigenvalue weighted by Gasteiger charge is 2.18. The van der Waals surface area contributed by atoms with Crippen LogP contribution in [-0.4, -0.2) is 36.3 Å². The Labute approximate surface area is 164 Å². The van der Waals surface area contributed by atoms with Crippen LogP contribution in [0.4, 0.5) is 0 Å². The highest BCUT2D eigenvalue weighted by atomic mass is 32.1. The van der Waals surface area contributed by atoms with Gasteiger partial charge in [0.25, 0.3) is 5.56 Å². The van der Waals surface area contributed by atoms with Crippen molar-refractivity contribution in [1.29, 1.82) is 0 Å². The summed E-state index contributed by atoms with van der Waals surface area (Å²) in [5.74, 6) is 5.75. The quantitative estimate of drug-likeness (QED) is 0.374. The molecule has 9 nitrogen and oxygen atoms in total. The van der Waals surface area contributed by atoms with Crippen LogP contribution in [0.3, 0.4) is 0 Å². The first-order chi connectivity index (χ1) is 13.5. The maximum Gasteiger partial charge on any atom is 0.291 e. The van der Waals surface area contributed by atoms with Crippen LogP contribution in [0.15, 0.2) is 47.7 Å². The lowest BCUT2D eigenvalue weighted by molar-refractivity contribution is 0.607. The van der Waals surface area contributed by atoms with Gasteiger partial charge >= 0.3 is 0 Å². The molecular weight excluding hydrogens is 376 g/mol. The second-order valence-corrected chi connectivity index (χ2v) is 7.50. The minimum absolute atomic E-state index is 0.186. The van der Waals surface area contributed by atoms with E-state index in [1.165, 1.54) is 9.47 Å². The van der Waals surface area contributed by atoms with Crippen LogP contribution in [0.25, 0.3) is 21.3 Å². The third-order valence-corrected chi connectivity index (χ3v) is 5.58. The van der Waals surface area contributed by atoms with Crippen LogP contribution < -0.4 is 16.7 Å². The van der Waals surface area contributed by atoms with Crippen molar-refractivity contribution in [2.24, 2.45) is 7.05 Å². The SMILES string of the molecule is C=C(/C=C\NC)Cc1nc2c(s1)c1cnn(Cc3ccnn3N)c(=O)c1n2C. The third-order valence-electron chi connectivity index (χ3n) is 4.50. The van der Waals surface area contributed by atoms with Gasteiger partial charge in [0.1, 0.15) is 10.5 Å². The van der Waals surface area contributed by atoms with E-state index in [2.05, 4.69) is 22.1 Å². The summed E-state index contributed by atoms with van der Waals surface area (Å²) in [6.07, 6.45) is 7.72. The Morgan fingerprint density at radius 2 is 2.25 bits per heavy atom. The molecule has 0 aromatic carbocycles. The summed E-state index contributed by atoms with van der Waals surface area (Å²) in [6.45, 7) is 4.30. The Kier molecular flexibility index (Phi) is 4.47. The minimum atomic E-state index is -0.186. The van der Waals surface area contributed by atoms with E-state index >= 15 is 0 Å². The molecule has 28 heavy (non-hydrogen) atoms. The van der Waals surface area contributed by atoms with Gasteiger partial charge in [-0.2, -0.15) is 15.0 Å². The molecule has 0 unspecified atom stereocenters. The number of nitrogen functional groups attached to an aromatic ring is 1. The second-order valence-electron chi connectivity index (χ2n) is 6.41. The van der Waals surface area contributed by atoms with E-state index in [9.17, 15) is 4.79 Å². The van der Waals surface area contributed by atoms with Crippen molar-refractivity contribution in [2.45, 2.75) is 13.0 Å². The van der Waals surface area contributed by atoms with Gasteiger partial charge in [0.2, 0.25) is 0 Å². The normalized spacial score (nSPS) is 11.8. The Morgan fingerprint density at radius 1 is 1.43 bits per heavy atom. The zero-order chi connectivity index (χ0) is 19.8. The van der Waals surface area contributed by atoms with Gasteiger partial charge in [-0.05, 0) is 23.9 Å². The van der Waals surface area contributed by atoms with Gasteiger partial charge in [-0.15, -0.1) is 11.3 Å². The van der Waals surface area contributed by atoms with Gasteiger partial charge in [-0.25, -0.2) is 9.67 Å². The number of nitrogens with two attached hydrogens (primary N) is 1. The average molecular weight is 396 g/mol. The first-order valence-electron chi connectivity index (χ1n) is 8.63. The maximum atomic E-state index is 13.0. The van der Waals surface area contributed by atoms with Crippen molar-refractivity contribution < 1.29 is 0 Å². The molecule has 4 heterocycles. The molecule has 4 aromatic heterocycles. The summed E-state index contributed by atoms with van der Waals surface area (Å²) >= 11 is 1.56. The molecule has 0 saturated heterocycles. The monoisotopic (exact) mass is 396 g/mol. The zero-order valence-electron chi connectivity index (χ0n) is 15.6. The molecule has 0 bridgehead atoms. The lowest BCUT2D eigenvalue weighted by Gasteiger charge is -2.05. The summed E-state index contributed by atoms with van der Waals surface area (Å²) in [5, 5.41) is 13.0. The Morgan fingerprint density at radius 3 is 2.96 bits per heavy atom. The molecule has 0 aliphatic carbocycles. The van der Waals surface area contributed by atoms with Crippen LogP contribution in [0.2, 0.25) is 0 Å². The van der Waals surface area contributed by atoms with Crippen molar-refractivity contribution in [3.05, 3.63) is 63.9 Å². The number of fused-ring (bicyclic) bond motifs is 3. The summed E-state index contributed by atoms with van der Waals surface area (Å²) in [7, 11) is 3.69. The van der Waals surface area contributed by atoms with E-state index in [1.807, 2.05) is 30.9 Å². The van der Waals surface area contributed by atoms with Gasteiger partial charge in [0.15, 0.2) is 5.65 Å². The van der Waals surface area contributed by atoms with E-state index < -0.39 is 0 Å². The summed E-state index contributed by atoms with van der Waals surface area (Å²) < 4.78 is 4.17. The van der Waals surface area contributed by atoms with Crippen molar-refractivity contribution in [2.75, 3.05) is 12.9 Å². The smallest absolute Gasteiger partial charge is 0.291 e. The minimum Gasteiger partial charge on any atom is -0.394 e. The van der Waals surface area contributed by atoms with Gasteiger partial charge < -0.3 is 15.7 Å². The van der Waals surface area contributed by atoms with Crippen molar-refractivity contribution in [3.63, 3.8) is 0 Å². The molecule has 3 N–H and O–H groups in total. The summed E-state index contributed by atoms with van der Waals surface area (Å²) in [6, 6.07) is 1.76. The van der Waals surface area contributed by atoms with Crippen molar-refractivity contribution >= 4 is 32.6 Å². The number of nitrogens with one attached hydrogen (secondary N) is 1. The number of aryl methyl sites for hydroxylation is 1. The van der Waals surface area contributed by atoms with Crippen LogP contribution in [0.5, 0.6) is 0 Å². The molecule has 144 valence electrons. The Balaban J connectivity index is 1.75. The molecule has 0 aliphatic rings. The fourth-order valence-electron chi connectivity index (χ4n) is 3.10. The number of allylic oxidation sites excluding steroid dienone is 2. The highest BCUT2D eigenvalue weighted by Crippen LogP contribution is 2.31. The topological polar surface area (TPSA) is 109 Å². The van der Waals surface area contributed by atoms with E-state index in [4.69, 9.17) is 10.8 Å². The van der Waals surface area contributed by atoms with Gasteiger partial charge in [0, 0.05) is 25.9 Å². The Hall–Kier alpha value is -3.40. The van der Waals surface area contributed by atoms with E-state index in [-0.39, 0.29) is 12.1 Å². The second kappa shape index (κ2) is 6.97. The van der Waals surface area contributed by atoms with E-state index in [1.54, 1.807) is 29.8 Å². The number of thiazole rings is 1. The van der Waals surface area contributed by atoms with Crippen molar-refractivity contribution in [1.82, 2.24) is 34.5 Å². The number of hydrogen-bond donors (Lipinski definition) is 2. The van der Waals surface area contributed by atoms with Gasteiger partial charge in [-0.3, -0.25) is 4.79 Å². The molecule has 0 radical (unpaired) electrons. The predicted molar refractivity (Wildman–Crippen MR) is 111 cm³/mol. The number of nitrogens with zero attached hydrogens (tertiary/aromatic N) is 6. The van der Waals surface area contributed by atoms with Crippen molar-refractivity contribution in [3.8, 4) is 0 Å². The van der Waals surface area contributed by atoms with Gasteiger partial charge in [0.05, 0.1) is 29.3 Å². The van der Waals surface area contributed by atoms with Crippen LogP contribution >= 0.6 is 11.3 Å². The average Bonchev–Trinajstić information content (AvgIpc) is 3.33. The molecule has 4 aromatic rings. The molecule has 0 saturated carbocycles. The van der Waals surface area contributed by atoms with Crippen LogP contribution in [-0.2, 0) is 20.0 Å². The first-order valence-corrected chi connectivity index (χ1v) is 9.44. The number of aromatic nitrogens is 6. The first kappa shape index (κ1) is 18.0. The molecule has 10 heteroatoms. The summed E-state index contributed by atoms with van der Waals surface area (Å²) in [4.78, 5) is 18.9. The Bertz CT molecular complexity index is 1270. The predicted octanol–water partition coefficient (Wildman–Crippen LogP) is 1.14. The van der Waals surface area contributed by atoms with Gasteiger partial charge in [-0.1, -0.05) is 6.58 Å². The highest BCUT2D eigenvalue weighted by molar-refractivity contribution is 7.19. The molecule has 0 fully saturated rings. The standard InChI is InChI=1S/C18H20N8OS/c1-11(4-6-20-2)8-14-23-17-16(28-14)13-9-22-25(18(27)15(13)24(17)3)10-12-5-7-21-26(12)19/h4-7,9,20H,1,8,10,19H2,2-3H3/b6-4-. The largest absolute Gasteiger partial charge is 0.394 e. The third kappa shape index (κ3) is 2.97. The molecule has 0 amide bonds. The van der Waals surface area contributed by atoms with E-state index in [0.29, 0.717) is 17.6 Å². The van der Waals surface area contributed by atoms with E-state index in [0.717, 1.165) is 26.3 Å². The lowest BCUT2D eigenvalue weighted by atomic mass is 10.2.